The van der Waals surface area contributed by atoms with Crippen molar-refractivity contribution in [2.45, 2.75) is 52.1 Å². The first-order chi connectivity index (χ1) is 10.6. The number of benzene rings is 1. The third-order valence-corrected chi connectivity index (χ3v) is 3.93. The Labute approximate surface area is 132 Å². The first kappa shape index (κ1) is 16.8. The fourth-order valence-corrected chi connectivity index (χ4v) is 2.43. The molecule has 22 heavy (non-hydrogen) atoms. The minimum Gasteiger partial charge on any atom is -0.482 e. The third kappa shape index (κ3) is 5.02. The monoisotopic (exact) mass is 306 g/mol. The molecule has 0 spiro atoms. The topological polar surface area (TPSA) is 44.8 Å². The summed E-state index contributed by atoms with van der Waals surface area (Å²) in [6, 6.07) is 6.11. The maximum Gasteiger partial charge on any atom is 0.344 e. The lowest BCUT2D eigenvalue weighted by Gasteiger charge is -2.22. The van der Waals surface area contributed by atoms with Crippen LogP contribution in [0.25, 0.3) is 0 Å². The number of aryl methyl sites for hydroxylation is 1. The van der Waals surface area contributed by atoms with Gasteiger partial charge in [0.05, 0.1) is 6.10 Å². The van der Waals surface area contributed by atoms with Crippen molar-refractivity contribution in [3.63, 3.8) is 0 Å². The molecule has 1 aliphatic rings. The van der Waals surface area contributed by atoms with Crippen molar-refractivity contribution in [1.29, 1.82) is 0 Å². The van der Waals surface area contributed by atoms with Gasteiger partial charge in [0.25, 0.3) is 0 Å². The van der Waals surface area contributed by atoms with Crippen LogP contribution < -0.4 is 4.74 Å². The van der Waals surface area contributed by atoms with Crippen molar-refractivity contribution in [3.8, 4) is 5.75 Å². The van der Waals surface area contributed by atoms with Gasteiger partial charge in [-0.05, 0) is 49.3 Å². The van der Waals surface area contributed by atoms with Crippen molar-refractivity contribution in [1.82, 2.24) is 0 Å². The molecular weight excluding hydrogens is 280 g/mol. The standard InChI is InChI=1S/C18H26O4/c1-13(2)15-8-7-14(3)17(10-15)21-12-18(19)22-11-16-6-4-5-9-20-16/h7-8,10,13,16H,4-6,9,11-12H2,1-3H3. The van der Waals surface area contributed by atoms with Gasteiger partial charge in [0.2, 0.25) is 0 Å². The molecule has 1 aliphatic heterocycles. The second kappa shape index (κ2) is 8.18. The Kier molecular flexibility index (Phi) is 6.25. The molecule has 1 fully saturated rings. The van der Waals surface area contributed by atoms with Crippen LogP contribution >= 0.6 is 0 Å². The minimum atomic E-state index is -0.344. The van der Waals surface area contributed by atoms with E-state index < -0.39 is 0 Å². The maximum absolute atomic E-state index is 11.8. The fraction of sp³-hybridized carbons (Fsp3) is 0.611. The normalized spacial score (nSPS) is 18.3. The summed E-state index contributed by atoms with van der Waals surface area (Å²) >= 11 is 0. The quantitative estimate of drug-likeness (QED) is 0.753. The van der Waals surface area contributed by atoms with Gasteiger partial charge in [-0.25, -0.2) is 4.79 Å². The highest BCUT2D eigenvalue weighted by Gasteiger charge is 2.16. The molecule has 1 saturated heterocycles. The predicted molar refractivity (Wildman–Crippen MR) is 85.3 cm³/mol. The van der Waals surface area contributed by atoms with E-state index in [1.807, 2.05) is 19.1 Å². The van der Waals surface area contributed by atoms with Crippen molar-refractivity contribution < 1.29 is 19.0 Å². The van der Waals surface area contributed by atoms with Crippen molar-refractivity contribution >= 4 is 5.97 Å². The van der Waals surface area contributed by atoms with Gasteiger partial charge in [-0.15, -0.1) is 0 Å². The average molecular weight is 306 g/mol. The van der Waals surface area contributed by atoms with E-state index in [1.165, 1.54) is 5.56 Å². The molecule has 1 heterocycles. The fourth-order valence-electron chi connectivity index (χ4n) is 2.43. The highest BCUT2D eigenvalue weighted by molar-refractivity contribution is 5.71. The van der Waals surface area contributed by atoms with Crippen molar-refractivity contribution in [2.24, 2.45) is 0 Å². The van der Waals surface area contributed by atoms with E-state index in [4.69, 9.17) is 14.2 Å². The summed E-state index contributed by atoms with van der Waals surface area (Å²) in [5, 5.41) is 0. The Hall–Kier alpha value is -1.55. The second-order valence-electron chi connectivity index (χ2n) is 6.14. The summed E-state index contributed by atoms with van der Waals surface area (Å²) in [6.45, 7) is 7.27. The molecule has 0 bridgehead atoms. The van der Waals surface area contributed by atoms with Gasteiger partial charge < -0.3 is 14.2 Å². The zero-order valence-corrected chi connectivity index (χ0v) is 13.8. The van der Waals surface area contributed by atoms with Crippen LogP contribution in [-0.2, 0) is 14.3 Å². The first-order valence-corrected chi connectivity index (χ1v) is 8.07. The van der Waals surface area contributed by atoms with E-state index in [9.17, 15) is 4.79 Å². The summed E-state index contributed by atoms with van der Waals surface area (Å²) in [6.07, 6.45) is 3.24. The smallest absolute Gasteiger partial charge is 0.344 e. The van der Waals surface area contributed by atoms with Crippen LogP contribution in [0, 0.1) is 6.92 Å². The molecule has 1 unspecified atom stereocenters. The number of rotatable bonds is 6. The average Bonchev–Trinajstić information content (AvgIpc) is 2.53. The molecule has 1 aromatic carbocycles. The Morgan fingerprint density at radius 3 is 2.86 bits per heavy atom. The molecule has 1 atom stereocenters. The van der Waals surface area contributed by atoms with Crippen LogP contribution in [0.15, 0.2) is 18.2 Å². The van der Waals surface area contributed by atoms with E-state index in [1.54, 1.807) is 0 Å². The van der Waals surface area contributed by atoms with Gasteiger partial charge in [0.15, 0.2) is 6.61 Å². The van der Waals surface area contributed by atoms with Gasteiger partial charge in [-0.2, -0.15) is 0 Å². The maximum atomic E-state index is 11.8. The van der Waals surface area contributed by atoms with Crippen LogP contribution in [0.4, 0.5) is 0 Å². The molecule has 0 amide bonds. The van der Waals surface area contributed by atoms with Crippen molar-refractivity contribution in [2.75, 3.05) is 19.8 Å². The predicted octanol–water partition coefficient (Wildman–Crippen LogP) is 3.61. The van der Waals surface area contributed by atoms with Crippen molar-refractivity contribution in [3.05, 3.63) is 29.3 Å². The number of carbonyl (C=O) groups is 1. The summed E-state index contributed by atoms with van der Waals surface area (Å²) in [5.74, 6) is 0.832. The van der Waals surface area contributed by atoms with Gasteiger partial charge in [-0.1, -0.05) is 26.0 Å². The Balaban J connectivity index is 1.79. The number of hydrogen-bond donors (Lipinski definition) is 0. The SMILES string of the molecule is Cc1ccc(C(C)C)cc1OCC(=O)OCC1CCCCO1. The zero-order chi connectivity index (χ0) is 15.9. The highest BCUT2D eigenvalue weighted by Crippen LogP contribution is 2.24. The molecule has 4 heteroatoms. The Morgan fingerprint density at radius 1 is 1.36 bits per heavy atom. The Morgan fingerprint density at radius 2 is 2.18 bits per heavy atom. The van der Waals surface area contributed by atoms with Crippen LogP contribution in [0.2, 0.25) is 0 Å². The van der Waals surface area contributed by atoms with Crippen LogP contribution in [-0.4, -0.2) is 31.9 Å². The molecule has 0 aromatic heterocycles. The second-order valence-corrected chi connectivity index (χ2v) is 6.14. The van der Waals surface area contributed by atoms with E-state index >= 15 is 0 Å². The summed E-state index contributed by atoms with van der Waals surface area (Å²) in [4.78, 5) is 11.8. The van der Waals surface area contributed by atoms with Crippen LogP contribution in [0.5, 0.6) is 5.75 Å². The molecule has 0 N–H and O–H groups in total. The van der Waals surface area contributed by atoms with Gasteiger partial charge >= 0.3 is 5.97 Å². The molecule has 0 aliphatic carbocycles. The van der Waals surface area contributed by atoms with E-state index in [0.29, 0.717) is 12.5 Å². The number of ether oxygens (including phenoxy) is 3. The molecule has 2 rings (SSSR count). The summed E-state index contributed by atoms with van der Waals surface area (Å²) in [7, 11) is 0. The van der Waals surface area contributed by atoms with Crippen LogP contribution in [0.3, 0.4) is 0 Å². The van der Waals surface area contributed by atoms with E-state index in [-0.39, 0.29) is 18.7 Å². The first-order valence-electron chi connectivity index (χ1n) is 8.07. The molecule has 1 aromatic rings. The molecular formula is C18H26O4. The molecule has 0 saturated carbocycles. The van der Waals surface area contributed by atoms with Crippen LogP contribution in [0.1, 0.15) is 50.2 Å². The van der Waals surface area contributed by atoms with E-state index in [0.717, 1.165) is 37.2 Å². The van der Waals surface area contributed by atoms with Gasteiger partial charge in [0, 0.05) is 6.61 Å². The Bertz CT molecular complexity index is 490. The molecule has 4 nitrogen and oxygen atoms in total. The number of hydrogen-bond acceptors (Lipinski definition) is 4. The lowest BCUT2D eigenvalue weighted by atomic mass is 10.0. The van der Waals surface area contributed by atoms with Gasteiger partial charge in [0.1, 0.15) is 12.4 Å². The lowest BCUT2D eigenvalue weighted by Crippen LogP contribution is -2.27. The number of carbonyl (C=O) groups excluding carboxylic acids is 1. The summed E-state index contributed by atoms with van der Waals surface area (Å²) in [5.41, 5.74) is 2.22. The largest absolute Gasteiger partial charge is 0.482 e. The molecule has 0 radical (unpaired) electrons. The lowest BCUT2D eigenvalue weighted by molar-refractivity contribution is -0.151. The molecule has 122 valence electrons. The van der Waals surface area contributed by atoms with E-state index in [2.05, 4.69) is 19.9 Å². The summed E-state index contributed by atoms with van der Waals surface area (Å²) < 4.78 is 16.4. The van der Waals surface area contributed by atoms with Gasteiger partial charge in [-0.3, -0.25) is 0 Å². The minimum absolute atomic E-state index is 0.0451. The number of esters is 1. The highest BCUT2D eigenvalue weighted by atomic mass is 16.6. The third-order valence-electron chi connectivity index (χ3n) is 3.93. The zero-order valence-electron chi connectivity index (χ0n) is 13.8.